The maximum Gasteiger partial charge on any atom is 0.251 e. The van der Waals surface area contributed by atoms with Crippen molar-refractivity contribution in [2.75, 3.05) is 5.32 Å². The van der Waals surface area contributed by atoms with Crippen LogP contribution in [-0.4, -0.2) is 35.6 Å². The lowest BCUT2D eigenvalue weighted by molar-refractivity contribution is 0.0951. The molecule has 0 radical (unpaired) electrons. The van der Waals surface area contributed by atoms with Gasteiger partial charge < -0.3 is 15.2 Å². The Morgan fingerprint density at radius 1 is 1.06 bits per heavy atom. The predicted molar refractivity (Wildman–Crippen MR) is 121 cm³/mol. The normalized spacial score (nSPS) is 10.7. The molecule has 0 saturated heterocycles. The quantitative estimate of drug-likeness (QED) is 0.466. The van der Waals surface area contributed by atoms with Crippen molar-refractivity contribution in [2.24, 2.45) is 7.05 Å². The molecule has 0 fully saturated rings. The summed E-state index contributed by atoms with van der Waals surface area (Å²) in [7, 11) is 1.89. The second kappa shape index (κ2) is 9.34. The zero-order chi connectivity index (χ0) is 22.5. The molecular formula is C23H24N8O. The molecule has 162 valence electrons. The van der Waals surface area contributed by atoms with Gasteiger partial charge in [0.1, 0.15) is 12.0 Å². The molecule has 0 atom stereocenters. The number of pyridine rings is 1. The molecule has 0 bridgehead atoms. The van der Waals surface area contributed by atoms with Gasteiger partial charge in [0.25, 0.3) is 5.91 Å². The average Bonchev–Trinajstić information content (AvgIpc) is 3.18. The molecule has 9 nitrogen and oxygen atoms in total. The molecule has 0 spiro atoms. The van der Waals surface area contributed by atoms with Crippen molar-refractivity contribution in [3.8, 4) is 11.5 Å². The lowest BCUT2D eigenvalue weighted by Crippen LogP contribution is -2.23. The monoisotopic (exact) mass is 428 g/mol. The fourth-order valence-corrected chi connectivity index (χ4v) is 3.30. The van der Waals surface area contributed by atoms with Gasteiger partial charge in [-0.2, -0.15) is 0 Å². The highest BCUT2D eigenvalue weighted by atomic mass is 16.1. The molecule has 3 aromatic heterocycles. The van der Waals surface area contributed by atoms with Gasteiger partial charge >= 0.3 is 0 Å². The van der Waals surface area contributed by atoms with Gasteiger partial charge in [-0.05, 0) is 55.3 Å². The number of benzene rings is 1. The van der Waals surface area contributed by atoms with Gasteiger partial charge in [0, 0.05) is 42.9 Å². The van der Waals surface area contributed by atoms with Crippen molar-refractivity contribution in [3.63, 3.8) is 0 Å². The third-order valence-electron chi connectivity index (χ3n) is 5.15. The first-order valence-electron chi connectivity index (χ1n) is 10.2. The van der Waals surface area contributed by atoms with Crippen molar-refractivity contribution < 1.29 is 4.79 Å². The Bertz CT molecular complexity index is 1240. The van der Waals surface area contributed by atoms with Crippen LogP contribution in [-0.2, 0) is 20.1 Å². The van der Waals surface area contributed by atoms with Gasteiger partial charge in [0.15, 0.2) is 11.6 Å². The zero-order valence-electron chi connectivity index (χ0n) is 18.2. The number of nitrogens with one attached hydrogen (secondary N) is 2. The fraction of sp³-hybridized carbons (Fsp3) is 0.217. The lowest BCUT2D eigenvalue weighted by atomic mass is 10.1. The molecule has 0 aliphatic rings. The number of rotatable bonds is 7. The molecule has 0 aliphatic carbocycles. The Labute approximate surface area is 186 Å². The highest BCUT2D eigenvalue weighted by Gasteiger charge is 2.12. The smallest absolute Gasteiger partial charge is 0.251 e. The first-order valence-corrected chi connectivity index (χ1v) is 10.2. The van der Waals surface area contributed by atoms with Crippen molar-refractivity contribution in [2.45, 2.75) is 26.9 Å². The van der Waals surface area contributed by atoms with E-state index in [-0.39, 0.29) is 5.91 Å². The van der Waals surface area contributed by atoms with Gasteiger partial charge in [-0.25, -0.2) is 9.97 Å². The van der Waals surface area contributed by atoms with E-state index >= 15 is 0 Å². The Hall–Kier alpha value is -4.14. The summed E-state index contributed by atoms with van der Waals surface area (Å²) in [5, 5.41) is 14.7. The van der Waals surface area contributed by atoms with E-state index in [1.165, 1.54) is 6.33 Å². The molecule has 3 heterocycles. The van der Waals surface area contributed by atoms with Crippen molar-refractivity contribution in [1.82, 2.24) is 35.0 Å². The summed E-state index contributed by atoms with van der Waals surface area (Å²) in [6, 6.07) is 11.2. The fourth-order valence-electron chi connectivity index (χ4n) is 3.30. The van der Waals surface area contributed by atoms with Crippen LogP contribution >= 0.6 is 0 Å². The van der Waals surface area contributed by atoms with Crippen molar-refractivity contribution in [1.29, 1.82) is 0 Å². The van der Waals surface area contributed by atoms with Gasteiger partial charge in [-0.3, -0.25) is 9.78 Å². The topological polar surface area (TPSA) is 111 Å². The summed E-state index contributed by atoms with van der Waals surface area (Å²) in [6.45, 7) is 4.85. The van der Waals surface area contributed by atoms with Crippen LogP contribution in [0, 0.1) is 13.8 Å². The molecular weight excluding hydrogens is 404 g/mol. The number of hydrogen-bond donors (Lipinski definition) is 2. The van der Waals surface area contributed by atoms with Crippen LogP contribution in [0.2, 0.25) is 0 Å². The number of aryl methyl sites for hydroxylation is 2. The standard InChI is InChI=1S/C23H24N8O/c1-15-9-16(2)25-11-18(15)12-27-23(32)17-5-4-6-19(10-17)26-13-21-29-30-22(31(21)3)20-7-8-24-14-28-20/h4-11,14,26H,12-13H2,1-3H3,(H,27,32). The number of nitrogens with zero attached hydrogens (tertiary/aromatic N) is 6. The number of hydrogen-bond acceptors (Lipinski definition) is 7. The van der Waals surface area contributed by atoms with E-state index in [0.29, 0.717) is 30.2 Å². The van der Waals surface area contributed by atoms with E-state index < -0.39 is 0 Å². The first kappa shape index (κ1) is 21.1. The van der Waals surface area contributed by atoms with Gasteiger partial charge in [0.05, 0.1) is 6.54 Å². The Kier molecular flexibility index (Phi) is 6.16. The van der Waals surface area contributed by atoms with Crippen LogP contribution in [0.3, 0.4) is 0 Å². The zero-order valence-corrected chi connectivity index (χ0v) is 18.2. The van der Waals surface area contributed by atoms with Crippen molar-refractivity contribution >= 4 is 11.6 Å². The molecule has 9 heteroatoms. The predicted octanol–water partition coefficient (Wildman–Crippen LogP) is 2.83. The van der Waals surface area contributed by atoms with E-state index in [1.807, 2.05) is 49.7 Å². The van der Waals surface area contributed by atoms with Gasteiger partial charge in [-0.1, -0.05) is 6.07 Å². The van der Waals surface area contributed by atoms with E-state index in [0.717, 1.165) is 28.3 Å². The van der Waals surface area contributed by atoms with Crippen LogP contribution in [0.1, 0.15) is 33.0 Å². The van der Waals surface area contributed by atoms with Gasteiger partial charge in [-0.15, -0.1) is 10.2 Å². The molecule has 4 aromatic rings. The third-order valence-corrected chi connectivity index (χ3v) is 5.15. The number of anilines is 1. The molecule has 1 aromatic carbocycles. The Morgan fingerprint density at radius 2 is 1.94 bits per heavy atom. The minimum atomic E-state index is -0.140. The highest BCUT2D eigenvalue weighted by Crippen LogP contribution is 2.16. The summed E-state index contributed by atoms with van der Waals surface area (Å²) < 4.78 is 1.88. The number of amides is 1. The second-order valence-corrected chi connectivity index (χ2v) is 7.46. The molecule has 4 rings (SSSR count). The molecule has 0 aliphatic heterocycles. The largest absolute Gasteiger partial charge is 0.378 e. The van der Waals surface area contributed by atoms with Gasteiger partial charge in [0.2, 0.25) is 0 Å². The van der Waals surface area contributed by atoms with E-state index in [2.05, 4.69) is 35.8 Å². The maximum atomic E-state index is 12.6. The van der Waals surface area contributed by atoms with Crippen LogP contribution in [0.4, 0.5) is 5.69 Å². The third kappa shape index (κ3) is 4.77. The summed E-state index contributed by atoms with van der Waals surface area (Å²) in [4.78, 5) is 25.1. The highest BCUT2D eigenvalue weighted by molar-refractivity contribution is 5.95. The minimum absolute atomic E-state index is 0.140. The average molecular weight is 429 g/mol. The second-order valence-electron chi connectivity index (χ2n) is 7.46. The molecule has 0 saturated carbocycles. The number of carbonyl (C=O) groups is 1. The Morgan fingerprint density at radius 3 is 2.72 bits per heavy atom. The van der Waals surface area contributed by atoms with Crippen molar-refractivity contribution in [3.05, 3.63) is 83.3 Å². The molecule has 2 N–H and O–H groups in total. The number of aromatic nitrogens is 6. The van der Waals surface area contributed by atoms with Crippen LogP contribution < -0.4 is 10.6 Å². The lowest BCUT2D eigenvalue weighted by Gasteiger charge is -2.10. The first-order chi connectivity index (χ1) is 15.5. The molecule has 32 heavy (non-hydrogen) atoms. The van der Waals surface area contributed by atoms with Crippen LogP contribution in [0.25, 0.3) is 11.5 Å². The summed E-state index contributed by atoms with van der Waals surface area (Å²) in [5.74, 6) is 1.27. The Balaban J connectivity index is 1.39. The van der Waals surface area contributed by atoms with E-state index in [4.69, 9.17) is 0 Å². The summed E-state index contributed by atoms with van der Waals surface area (Å²) >= 11 is 0. The summed E-state index contributed by atoms with van der Waals surface area (Å²) in [5.41, 5.74) is 5.17. The minimum Gasteiger partial charge on any atom is -0.378 e. The SMILES string of the molecule is Cc1cc(C)c(CNC(=O)c2cccc(NCc3nnc(-c4ccncn4)n3C)c2)cn1. The molecule has 1 amide bonds. The van der Waals surface area contributed by atoms with Crippen LogP contribution in [0.15, 0.2) is 55.1 Å². The summed E-state index contributed by atoms with van der Waals surface area (Å²) in [6.07, 6.45) is 4.96. The van der Waals surface area contributed by atoms with E-state index in [1.54, 1.807) is 24.5 Å². The van der Waals surface area contributed by atoms with Crippen LogP contribution in [0.5, 0.6) is 0 Å². The number of carbonyl (C=O) groups excluding carboxylic acids is 1. The molecule has 0 unspecified atom stereocenters. The van der Waals surface area contributed by atoms with E-state index in [9.17, 15) is 4.79 Å². The maximum absolute atomic E-state index is 12.6.